The monoisotopic (exact) mass is 268 g/mol. The van der Waals surface area contributed by atoms with E-state index in [2.05, 4.69) is 17.3 Å². The van der Waals surface area contributed by atoms with E-state index in [-0.39, 0.29) is 11.6 Å². The lowest BCUT2D eigenvalue weighted by molar-refractivity contribution is -0.0817. The van der Waals surface area contributed by atoms with Crippen LogP contribution in [0.3, 0.4) is 0 Å². The Balaban J connectivity index is 2.05. The van der Waals surface area contributed by atoms with E-state index in [4.69, 9.17) is 10.5 Å². The molecule has 0 radical (unpaired) electrons. The highest BCUT2D eigenvalue weighted by Gasteiger charge is 2.38. The van der Waals surface area contributed by atoms with E-state index in [0.717, 1.165) is 36.6 Å². The first kappa shape index (κ1) is 14.0. The summed E-state index contributed by atoms with van der Waals surface area (Å²) in [6.07, 6.45) is 6.85. The number of aromatic nitrogens is 1. The number of nitrogens with zero attached hydrogens (tertiary/aromatic N) is 1. The molecule has 1 saturated carbocycles. The van der Waals surface area contributed by atoms with Crippen molar-refractivity contribution in [3.05, 3.63) is 16.1 Å². The zero-order chi connectivity index (χ0) is 13.0. The van der Waals surface area contributed by atoms with E-state index >= 15 is 0 Å². The quantitative estimate of drug-likeness (QED) is 0.893. The molecule has 0 aromatic carbocycles. The average molecular weight is 268 g/mol. The normalized spacial score (nSPS) is 20.8. The molecule has 4 heteroatoms. The SMILES string of the molecule is CCOC1(C(N)Cc2nc(C)cs2)CCCCC1. The Bertz CT molecular complexity index is 366. The topological polar surface area (TPSA) is 48.1 Å². The molecule has 1 heterocycles. The molecule has 1 unspecified atom stereocenters. The van der Waals surface area contributed by atoms with Crippen LogP contribution in [0.15, 0.2) is 5.38 Å². The summed E-state index contributed by atoms with van der Waals surface area (Å²) in [4.78, 5) is 4.52. The lowest BCUT2D eigenvalue weighted by Crippen LogP contribution is -2.52. The lowest BCUT2D eigenvalue weighted by atomic mass is 9.78. The van der Waals surface area contributed by atoms with Crippen molar-refractivity contribution in [2.24, 2.45) is 5.73 Å². The molecule has 3 nitrogen and oxygen atoms in total. The van der Waals surface area contributed by atoms with E-state index in [9.17, 15) is 0 Å². The van der Waals surface area contributed by atoms with Crippen molar-refractivity contribution in [2.75, 3.05) is 6.61 Å². The van der Waals surface area contributed by atoms with Gasteiger partial charge in [-0.15, -0.1) is 11.3 Å². The summed E-state index contributed by atoms with van der Waals surface area (Å²) in [5.74, 6) is 0. The van der Waals surface area contributed by atoms with E-state index in [1.54, 1.807) is 11.3 Å². The van der Waals surface area contributed by atoms with Crippen LogP contribution in [0.5, 0.6) is 0 Å². The fraction of sp³-hybridized carbons (Fsp3) is 0.786. The first-order valence-electron chi connectivity index (χ1n) is 6.97. The number of hydrogen-bond acceptors (Lipinski definition) is 4. The highest BCUT2D eigenvalue weighted by atomic mass is 32.1. The van der Waals surface area contributed by atoms with Crippen LogP contribution in [-0.2, 0) is 11.2 Å². The third kappa shape index (κ3) is 3.11. The summed E-state index contributed by atoms with van der Waals surface area (Å²) >= 11 is 1.71. The van der Waals surface area contributed by atoms with Crippen LogP contribution in [0.2, 0.25) is 0 Å². The van der Waals surface area contributed by atoms with Crippen molar-refractivity contribution in [3.8, 4) is 0 Å². The van der Waals surface area contributed by atoms with Crippen molar-refractivity contribution in [1.82, 2.24) is 4.98 Å². The van der Waals surface area contributed by atoms with Crippen LogP contribution in [0.4, 0.5) is 0 Å². The van der Waals surface area contributed by atoms with Gasteiger partial charge in [0.1, 0.15) is 0 Å². The van der Waals surface area contributed by atoms with Gasteiger partial charge in [0.2, 0.25) is 0 Å². The van der Waals surface area contributed by atoms with Crippen molar-refractivity contribution in [3.63, 3.8) is 0 Å². The third-order valence-electron chi connectivity index (χ3n) is 3.87. The maximum Gasteiger partial charge on any atom is 0.0944 e. The fourth-order valence-corrected chi connectivity index (χ4v) is 3.76. The van der Waals surface area contributed by atoms with Crippen LogP contribution < -0.4 is 5.73 Å². The Morgan fingerprint density at radius 2 is 2.17 bits per heavy atom. The Hall–Kier alpha value is -0.450. The van der Waals surface area contributed by atoms with Gasteiger partial charge >= 0.3 is 0 Å². The van der Waals surface area contributed by atoms with E-state index in [0.29, 0.717) is 0 Å². The van der Waals surface area contributed by atoms with Gasteiger partial charge in [0, 0.05) is 30.1 Å². The molecule has 0 bridgehead atoms. The molecule has 18 heavy (non-hydrogen) atoms. The molecule has 2 rings (SSSR count). The Morgan fingerprint density at radius 1 is 1.44 bits per heavy atom. The van der Waals surface area contributed by atoms with Crippen molar-refractivity contribution < 1.29 is 4.74 Å². The van der Waals surface area contributed by atoms with Crippen LogP contribution in [-0.4, -0.2) is 23.2 Å². The zero-order valence-corrected chi connectivity index (χ0v) is 12.3. The molecule has 2 N–H and O–H groups in total. The molecule has 0 spiro atoms. The molecule has 0 aliphatic heterocycles. The van der Waals surface area contributed by atoms with Gasteiger partial charge in [0.15, 0.2) is 0 Å². The van der Waals surface area contributed by atoms with E-state index in [1.165, 1.54) is 19.3 Å². The average Bonchev–Trinajstić information content (AvgIpc) is 2.76. The second-order valence-electron chi connectivity index (χ2n) is 5.25. The number of hydrogen-bond donors (Lipinski definition) is 1. The summed E-state index contributed by atoms with van der Waals surface area (Å²) in [5, 5.41) is 3.24. The molecule has 1 aliphatic rings. The van der Waals surface area contributed by atoms with Gasteiger partial charge in [-0.2, -0.15) is 0 Å². The van der Waals surface area contributed by atoms with Gasteiger partial charge in [-0.1, -0.05) is 19.3 Å². The molecule has 1 aromatic rings. The van der Waals surface area contributed by atoms with Gasteiger partial charge in [-0.05, 0) is 26.7 Å². The Labute approximate surface area is 114 Å². The number of aryl methyl sites for hydroxylation is 1. The Kier molecular flexibility index (Phi) is 4.76. The minimum atomic E-state index is -0.105. The largest absolute Gasteiger partial charge is 0.374 e. The number of thiazole rings is 1. The second kappa shape index (κ2) is 6.13. The van der Waals surface area contributed by atoms with E-state index < -0.39 is 0 Å². The van der Waals surface area contributed by atoms with Crippen LogP contribution >= 0.6 is 11.3 Å². The van der Waals surface area contributed by atoms with Crippen LogP contribution in [0.1, 0.15) is 49.7 Å². The van der Waals surface area contributed by atoms with Crippen molar-refractivity contribution >= 4 is 11.3 Å². The maximum atomic E-state index is 6.45. The zero-order valence-electron chi connectivity index (χ0n) is 11.4. The molecule has 1 fully saturated rings. The molecule has 102 valence electrons. The van der Waals surface area contributed by atoms with Crippen molar-refractivity contribution in [1.29, 1.82) is 0 Å². The summed E-state index contributed by atoms with van der Waals surface area (Å²) < 4.78 is 6.06. The Morgan fingerprint density at radius 3 is 2.72 bits per heavy atom. The number of nitrogens with two attached hydrogens (primary N) is 1. The highest BCUT2D eigenvalue weighted by Crippen LogP contribution is 2.35. The fourth-order valence-electron chi connectivity index (χ4n) is 2.93. The van der Waals surface area contributed by atoms with Crippen LogP contribution in [0, 0.1) is 6.92 Å². The standard InChI is InChI=1S/C14H24N2OS/c1-3-17-14(7-5-4-6-8-14)12(15)9-13-16-11(2)10-18-13/h10,12H,3-9,15H2,1-2H3. The summed E-state index contributed by atoms with van der Waals surface area (Å²) in [6.45, 7) is 4.85. The molecule has 1 aromatic heterocycles. The maximum absolute atomic E-state index is 6.45. The second-order valence-corrected chi connectivity index (χ2v) is 6.19. The first-order valence-corrected chi connectivity index (χ1v) is 7.85. The minimum Gasteiger partial charge on any atom is -0.374 e. The van der Waals surface area contributed by atoms with Gasteiger partial charge in [-0.25, -0.2) is 4.98 Å². The van der Waals surface area contributed by atoms with E-state index in [1.807, 2.05) is 6.92 Å². The molecule has 1 atom stereocenters. The van der Waals surface area contributed by atoms with Crippen molar-refractivity contribution in [2.45, 2.75) is 64.0 Å². The smallest absolute Gasteiger partial charge is 0.0944 e. The predicted octanol–water partition coefficient (Wildman–Crippen LogP) is 3.06. The summed E-state index contributed by atoms with van der Waals surface area (Å²) in [6, 6.07) is 0.0725. The first-order chi connectivity index (χ1) is 8.66. The number of ether oxygens (including phenoxy) is 1. The van der Waals surface area contributed by atoms with Gasteiger partial charge in [0.05, 0.1) is 10.6 Å². The predicted molar refractivity (Wildman–Crippen MR) is 76.0 cm³/mol. The molecule has 1 aliphatic carbocycles. The van der Waals surface area contributed by atoms with Gasteiger partial charge in [-0.3, -0.25) is 0 Å². The molecule has 0 amide bonds. The van der Waals surface area contributed by atoms with Gasteiger partial charge in [0.25, 0.3) is 0 Å². The third-order valence-corrected chi connectivity index (χ3v) is 4.86. The van der Waals surface area contributed by atoms with Gasteiger partial charge < -0.3 is 10.5 Å². The molecule has 0 saturated heterocycles. The van der Waals surface area contributed by atoms with Crippen LogP contribution in [0.25, 0.3) is 0 Å². The number of rotatable bonds is 5. The summed E-state index contributed by atoms with van der Waals surface area (Å²) in [5.41, 5.74) is 7.44. The molecular weight excluding hydrogens is 244 g/mol. The summed E-state index contributed by atoms with van der Waals surface area (Å²) in [7, 11) is 0. The minimum absolute atomic E-state index is 0.0725. The molecular formula is C14H24N2OS. The lowest BCUT2D eigenvalue weighted by Gasteiger charge is -2.41. The highest BCUT2D eigenvalue weighted by molar-refractivity contribution is 7.09.